The van der Waals surface area contributed by atoms with Crippen LogP contribution in [0.25, 0.3) is 0 Å². The smallest absolute Gasteiger partial charge is 0.303 e. The second kappa shape index (κ2) is 8.61. The van der Waals surface area contributed by atoms with Crippen LogP contribution in [0.1, 0.15) is 59.4 Å². The van der Waals surface area contributed by atoms with Gasteiger partial charge in [-0.15, -0.1) is 0 Å². The van der Waals surface area contributed by atoms with E-state index in [0.717, 1.165) is 29.6 Å². The van der Waals surface area contributed by atoms with Crippen molar-refractivity contribution in [1.29, 1.82) is 0 Å². The molecule has 0 heterocycles. The van der Waals surface area contributed by atoms with Gasteiger partial charge in [0.1, 0.15) is 5.60 Å². The monoisotopic (exact) mass is 444 g/mol. The maximum Gasteiger partial charge on any atom is 0.303 e. The quantitative estimate of drug-likeness (QED) is 0.529. The summed E-state index contributed by atoms with van der Waals surface area (Å²) in [5.41, 5.74) is 4.32. The summed E-state index contributed by atoms with van der Waals surface area (Å²) in [6.07, 6.45) is 4.31. The molecule has 0 aliphatic heterocycles. The van der Waals surface area contributed by atoms with Crippen LogP contribution in [0.3, 0.4) is 0 Å². The fourth-order valence-electron chi connectivity index (χ4n) is 4.40. The fourth-order valence-corrected chi connectivity index (χ4v) is 5.23. The van der Waals surface area contributed by atoms with Crippen molar-refractivity contribution in [3.63, 3.8) is 0 Å². The number of rotatable bonds is 5. The number of allylic oxidation sites excluding steroid dienone is 3. The van der Waals surface area contributed by atoms with Gasteiger partial charge in [-0.2, -0.15) is 18.4 Å². The van der Waals surface area contributed by atoms with Gasteiger partial charge in [-0.1, -0.05) is 43.2 Å². The standard InChI is InChI=1S/C24H32N2O4S/c1-15(2)19-11-12-24(6,30-18(5)27)22-14-23(17(4)21(22)13-19)25-26-31(28,29)20-9-7-16(3)8-10-20/h7-10,13,15,22,26H,11-12,14H2,1-6H3/b25-23+/t22-,24-/m1/s1. The minimum atomic E-state index is -3.76. The highest BCUT2D eigenvalue weighted by atomic mass is 32.2. The lowest BCUT2D eigenvalue weighted by Gasteiger charge is -2.34. The number of sulfonamides is 1. The molecule has 2 aliphatic carbocycles. The molecule has 168 valence electrons. The zero-order valence-electron chi connectivity index (χ0n) is 19.2. The summed E-state index contributed by atoms with van der Waals surface area (Å²) in [6.45, 7) is 11.6. The molecule has 7 heteroatoms. The average molecular weight is 445 g/mol. The van der Waals surface area contributed by atoms with Gasteiger partial charge >= 0.3 is 5.97 Å². The Morgan fingerprint density at radius 3 is 2.45 bits per heavy atom. The molecule has 0 unspecified atom stereocenters. The van der Waals surface area contributed by atoms with Crippen molar-refractivity contribution in [2.45, 2.75) is 71.3 Å². The van der Waals surface area contributed by atoms with Crippen LogP contribution in [0, 0.1) is 18.8 Å². The largest absolute Gasteiger partial charge is 0.459 e. The average Bonchev–Trinajstić information content (AvgIpc) is 2.91. The summed E-state index contributed by atoms with van der Waals surface area (Å²) in [5.74, 6) is 0.00917. The second-order valence-electron chi connectivity index (χ2n) is 9.08. The minimum Gasteiger partial charge on any atom is -0.459 e. The molecule has 0 radical (unpaired) electrons. The van der Waals surface area contributed by atoms with Crippen LogP contribution in [0.2, 0.25) is 0 Å². The van der Waals surface area contributed by atoms with Gasteiger partial charge in [0, 0.05) is 19.3 Å². The Bertz CT molecular complexity index is 1070. The van der Waals surface area contributed by atoms with Gasteiger partial charge < -0.3 is 4.74 Å². The molecule has 0 saturated heterocycles. The number of hydrogen-bond donors (Lipinski definition) is 1. The lowest BCUT2D eigenvalue weighted by molar-refractivity contribution is -0.159. The Balaban J connectivity index is 1.97. The third-order valence-corrected chi connectivity index (χ3v) is 7.60. The molecule has 0 spiro atoms. The number of nitrogens with one attached hydrogen (secondary N) is 1. The van der Waals surface area contributed by atoms with E-state index in [1.807, 2.05) is 20.8 Å². The highest BCUT2D eigenvalue weighted by molar-refractivity contribution is 7.89. The van der Waals surface area contributed by atoms with E-state index in [0.29, 0.717) is 18.1 Å². The molecule has 0 saturated carbocycles. The van der Waals surface area contributed by atoms with Gasteiger partial charge in [-0.05, 0) is 62.8 Å². The summed E-state index contributed by atoms with van der Waals surface area (Å²) >= 11 is 0. The van der Waals surface area contributed by atoms with Crippen molar-refractivity contribution in [2.24, 2.45) is 16.9 Å². The molecule has 1 aromatic rings. The second-order valence-corrected chi connectivity index (χ2v) is 10.7. The molecule has 6 nitrogen and oxygen atoms in total. The summed E-state index contributed by atoms with van der Waals surface area (Å²) in [7, 11) is -3.76. The SMILES string of the molecule is CC(=O)O[C@]1(C)CCC(C(C)C)=CC2=C(C)/C(=N/NS(=O)(=O)c3ccc(C)cc3)C[C@H]21. The molecule has 1 N–H and O–H groups in total. The summed E-state index contributed by atoms with van der Waals surface area (Å²) < 4.78 is 31.2. The van der Waals surface area contributed by atoms with Gasteiger partial charge in [0.2, 0.25) is 0 Å². The van der Waals surface area contributed by atoms with Gasteiger partial charge in [-0.25, -0.2) is 0 Å². The Morgan fingerprint density at radius 1 is 1.23 bits per heavy atom. The maximum absolute atomic E-state index is 12.7. The van der Waals surface area contributed by atoms with Gasteiger partial charge in [0.05, 0.1) is 10.6 Å². The Hall–Kier alpha value is -2.41. The van der Waals surface area contributed by atoms with Crippen molar-refractivity contribution in [3.05, 3.63) is 52.6 Å². The van der Waals surface area contributed by atoms with E-state index in [2.05, 4.69) is 29.9 Å². The highest BCUT2D eigenvalue weighted by Crippen LogP contribution is 2.46. The number of hydrazone groups is 1. The Labute approximate surface area is 185 Å². The van der Waals surface area contributed by atoms with Gasteiger partial charge in [0.25, 0.3) is 10.0 Å². The highest BCUT2D eigenvalue weighted by Gasteiger charge is 2.45. The number of aryl methyl sites for hydroxylation is 1. The summed E-state index contributed by atoms with van der Waals surface area (Å²) in [5, 5.41) is 4.30. The first-order chi connectivity index (χ1) is 14.4. The number of carbonyl (C=O) groups is 1. The zero-order chi connectivity index (χ0) is 23.0. The van der Waals surface area contributed by atoms with Crippen LogP contribution in [0.5, 0.6) is 0 Å². The minimum absolute atomic E-state index is 0.0599. The van der Waals surface area contributed by atoms with E-state index >= 15 is 0 Å². The molecule has 0 amide bonds. The van der Waals surface area contributed by atoms with E-state index in [-0.39, 0.29) is 16.8 Å². The van der Waals surface area contributed by atoms with Crippen molar-refractivity contribution in [3.8, 4) is 0 Å². The number of fused-ring (bicyclic) bond motifs is 1. The molecule has 3 rings (SSSR count). The van der Waals surface area contributed by atoms with Crippen molar-refractivity contribution in [2.75, 3.05) is 0 Å². The number of hydrogen-bond acceptors (Lipinski definition) is 5. The molecule has 0 fully saturated rings. The van der Waals surface area contributed by atoms with Gasteiger partial charge in [0.15, 0.2) is 0 Å². The topological polar surface area (TPSA) is 84.8 Å². The van der Waals surface area contributed by atoms with Crippen LogP contribution >= 0.6 is 0 Å². The predicted molar refractivity (Wildman–Crippen MR) is 122 cm³/mol. The third kappa shape index (κ3) is 4.92. The van der Waals surface area contributed by atoms with Crippen LogP contribution in [0.4, 0.5) is 0 Å². The van der Waals surface area contributed by atoms with Crippen LogP contribution in [-0.4, -0.2) is 25.7 Å². The normalized spacial score (nSPS) is 25.3. The number of carbonyl (C=O) groups excluding carboxylic acids is 1. The molecule has 2 aliphatic rings. The van der Waals surface area contributed by atoms with Crippen molar-refractivity contribution < 1.29 is 17.9 Å². The predicted octanol–water partition coefficient (Wildman–Crippen LogP) is 4.66. The van der Waals surface area contributed by atoms with Crippen LogP contribution in [0.15, 0.2) is 57.1 Å². The van der Waals surface area contributed by atoms with Crippen LogP contribution < -0.4 is 4.83 Å². The Kier molecular flexibility index (Phi) is 6.46. The van der Waals surface area contributed by atoms with E-state index in [1.165, 1.54) is 12.5 Å². The number of benzene rings is 1. The number of esters is 1. The molecular formula is C24H32N2O4S. The molecule has 1 aromatic carbocycles. The molecule has 31 heavy (non-hydrogen) atoms. The van der Waals surface area contributed by atoms with E-state index in [4.69, 9.17) is 4.74 Å². The summed E-state index contributed by atoms with van der Waals surface area (Å²) in [6, 6.07) is 6.64. The lowest BCUT2D eigenvalue weighted by atomic mass is 9.82. The third-order valence-electron chi connectivity index (χ3n) is 6.38. The van der Waals surface area contributed by atoms with E-state index in [9.17, 15) is 13.2 Å². The fraction of sp³-hybridized carbons (Fsp3) is 0.500. The summed E-state index contributed by atoms with van der Waals surface area (Å²) in [4.78, 5) is 14.4. The van der Waals surface area contributed by atoms with Crippen molar-refractivity contribution >= 4 is 21.7 Å². The van der Waals surface area contributed by atoms with E-state index < -0.39 is 15.6 Å². The first-order valence-corrected chi connectivity index (χ1v) is 12.2. The molecule has 0 aromatic heterocycles. The van der Waals surface area contributed by atoms with Gasteiger partial charge in [-0.3, -0.25) is 4.79 Å². The molecular weight excluding hydrogens is 412 g/mol. The first kappa shape index (κ1) is 23.3. The van der Waals surface area contributed by atoms with E-state index in [1.54, 1.807) is 24.3 Å². The molecule has 2 atom stereocenters. The maximum atomic E-state index is 12.7. The number of ether oxygens (including phenoxy) is 1. The Morgan fingerprint density at radius 2 is 1.87 bits per heavy atom. The first-order valence-electron chi connectivity index (χ1n) is 10.7. The van der Waals surface area contributed by atoms with Crippen molar-refractivity contribution in [1.82, 2.24) is 4.83 Å². The van der Waals surface area contributed by atoms with Crippen LogP contribution in [-0.2, 0) is 19.6 Å². The lowest BCUT2D eigenvalue weighted by Crippen LogP contribution is -2.39. The zero-order valence-corrected chi connectivity index (χ0v) is 20.0. The molecule has 0 bridgehead atoms. The number of nitrogens with zero attached hydrogens (tertiary/aromatic N) is 1.